The fourth-order valence-electron chi connectivity index (χ4n) is 5.82. The van der Waals surface area contributed by atoms with E-state index in [-0.39, 0.29) is 10.8 Å². The number of ether oxygens (including phenoxy) is 1. The van der Waals surface area contributed by atoms with E-state index in [1.165, 1.54) is 11.8 Å². The van der Waals surface area contributed by atoms with Crippen LogP contribution in [0.15, 0.2) is 65.8 Å². The van der Waals surface area contributed by atoms with Gasteiger partial charge in [-0.3, -0.25) is 9.69 Å². The smallest absolute Gasteiger partial charge is 0.411 e. The van der Waals surface area contributed by atoms with Crippen molar-refractivity contribution in [3.05, 3.63) is 71.1 Å². The Kier molecular flexibility index (Phi) is 9.41. The Morgan fingerprint density at radius 1 is 1.13 bits per heavy atom. The molecular weight excluding hydrogens is 496 g/mol. The second-order valence-corrected chi connectivity index (χ2v) is 15.4. The summed E-state index contributed by atoms with van der Waals surface area (Å²) >= 11 is 0. The number of ketones is 1. The lowest BCUT2D eigenvalue weighted by Crippen LogP contribution is -2.70. The number of unbranched alkanes of at least 4 members (excludes halogenated alkanes) is 1. The molecule has 1 saturated heterocycles. The predicted molar refractivity (Wildman–Crippen MR) is 152 cm³/mol. The predicted octanol–water partition coefficient (Wildman–Crippen LogP) is 5.60. The highest BCUT2D eigenvalue weighted by Gasteiger charge is 2.60. The maximum absolute atomic E-state index is 13.2. The van der Waals surface area contributed by atoms with Gasteiger partial charge in [-0.1, -0.05) is 93.5 Å². The summed E-state index contributed by atoms with van der Waals surface area (Å²) in [7, 11) is -2.96. The average molecular weight is 537 g/mol. The third kappa shape index (κ3) is 5.65. The fourth-order valence-corrected chi connectivity index (χ4v) is 10.7. The van der Waals surface area contributed by atoms with Crippen molar-refractivity contribution in [1.82, 2.24) is 4.90 Å². The van der Waals surface area contributed by atoms with Gasteiger partial charge in [-0.2, -0.15) is 0 Å². The minimum absolute atomic E-state index is 0.141. The number of hydrogen-bond donors (Lipinski definition) is 0. The fraction of sp³-hybridized carbons (Fsp3) is 0.517. The van der Waals surface area contributed by atoms with Gasteiger partial charge in [-0.25, -0.2) is 4.79 Å². The third-order valence-corrected chi connectivity index (χ3v) is 12.5. The number of hydrogen-bond acceptors (Lipinski definition) is 5. The molecule has 0 radical (unpaired) electrons. The van der Waals surface area contributed by atoms with Crippen molar-refractivity contribution in [3.63, 3.8) is 0 Å². The molecule has 1 amide bonds. The zero-order valence-corrected chi connectivity index (χ0v) is 24.4. The van der Waals surface area contributed by atoms with E-state index in [1.54, 1.807) is 0 Å². The van der Waals surface area contributed by atoms with Crippen LogP contribution in [0.1, 0.15) is 60.8 Å². The number of nitrogens with zero attached hydrogens (tertiary/aromatic N) is 4. The second-order valence-electron chi connectivity index (χ2n) is 11.1. The van der Waals surface area contributed by atoms with Gasteiger partial charge in [0.1, 0.15) is 6.04 Å². The zero-order chi connectivity index (χ0) is 28.0. The average Bonchev–Trinajstić information content (AvgIpc) is 3.15. The maximum Gasteiger partial charge on any atom is 0.411 e. The van der Waals surface area contributed by atoms with Gasteiger partial charge >= 0.3 is 6.09 Å². The zero-order valence-electron chi connectivity index (χ0n) is 23.4. The highest BCUT2D eigenvalue weighted by atomic mass is 28.4. The van der Waals surface area contributed by atoms with Crippen molar-refractivity contribution in [2.45, 2.75) is 83.6 Å². The van der Waals surface area contributed by atoms with Gasteiger partial charge < -0.3 is 9.16 Å². The van der Waals surface area contributed by atoms with E-state index in [2.05, 4.69) is 55.1 Å². The Labute approximate surface area is 227 Å². The van der Waals surface area contributed by atoms with E-state index in [4.69, 9.17) is 14.7 Å². The minimum Gasteiger partial charge on any atom is -0.438 e. The highest BCUT2D eigenvalue weighted by Crippen LogP contribution is 2.43. The molecule has 3 atom stereocenters. The Bertz CT molecular complexity index is 1110. The van der Waals surface area contributed by atoms with Crippen LogP contribution in [0.3, 0.4) is 0 Å². The highest BCUT2D eigenvalue weighted by molar-refractivity contribution is 6.99. The molecule has 2 aromatic rings. The van der Waals surface area contributed by atoms with Crippen LogP contribution in [0.4, 0.5) is 4.79 Å². The van der Waals surface area contributed by atoms with E-state index in [9.17, 15) is 9.59 Å². The maximum atomic E-state index is 13.2. The van der Waals surface area contributed by atoms with Crippen molar-refractivity contribution in [2.24, 2.45) is 5.11 Å². The molecule has 204 valence electrons. The molecule has 1 aliphatic rings. The Morgan fingerprint density at radius 3 is 2.13 bits per heavy atom. The van der Waals surface area contributed by atoms with Gasteiger partial charge in [0, 0.05) is 18.0 Å². The van der Waals surface area contributed by atoms with Gasteiger partial charge in [0.05, 0.1) is 6.10 Å². The van der Waals surface area contributed by atoms with E-state index in [0.717, 1.165) is 10.4 Å². The molecule has 9 heteroatoms. The molecule has 0 saturated carbocycles. The molecule has 8 nitrogen and oxygen atoms in total. The van der Waals surface area contributed by atoms with Crippen molar-refractivity contribution < 1.29 is 18.8 Å². The van der Waals surface area contributed by atoms with E-state index in [1.807, 2.05) is 50.2 Å². The molecular formula is C29H40N4O4Si. The molecule has 2 aromatic carbocycles. The monoisotopic (exact) mass is 536 g/mol. The molecule has 38 heavy (non-hydrogen) atoms. The lowest BCUT2D eigenvalue weighted by atomic mass is 9.86. The van der Waals surface area contributed by atoms with Crippen LogP contribution in [-0.4, -0.2) is 55.9 Å². The standard InChI is InChI=1S/C29H40N4O4Si/c1-7-25(29(6)26(22(2)34)33(27(35)36-29)21-15-14-20-31-32-30)37-38(28(3,4)5,23-16-10-8-11-17-23)24-18-12-9-13-19-24/h8-13,16-19,25-26H,7,14-15,20-21H2,1-6H3/t25-,26-,29-/m1/s1. The third-order valence-electron chi connectivity index (χ3n) is 7.50. The van der Waals surface area contributed by atoms with Crippen molar-refractivity contribution >= 4 is 30.6 Å². The number of carbonyl (C=O) groups excluding carboxylic acids is 2. The molecule has 0 aromatic heterocycles. The summed E-state index contributed by atoms with van der Waals surface area (Å²) in [6.45, 7) is 12.6. The molecule has 0 aliphatic carbocycles. The quantitative estimate of drug-likeness (QED) is 0.116. The summed E-state index contributed by atoms with van der Waals surface area (Å²) in [6, 6.07) is 19.8. The number of cyclic esters (lactones) is 1. The van der Waals surface area contributed by atoms with Crippen LogP contribution in [0.25, 0.3) is 10.4 Å². The summed E-state index contributed by atoms with van der Waals surface area (Å²) in [5, 5.41) is 5.54. The number of rotatable bonds is 12. The van der Waals surface area contributed by atoms with Crippen LogP contribution in [0.2, 0.25) is 5.04 Å². The van der Waals surface area contributed by atoms with Crippen LogP contribution in [-0.2, 0) is 14.0 Å². The van der Waals surface area contributed by atoms with Gasteiger partial charge in [0.25, 0.3) is 8.32 Å². The first kappa shape index (κ1) is 29.4. The van der Waals surface area contributed by atoms with Gasteiger partial charge in [-0.15, -0.1) is 0 Å². The topological polar surface area (TPSA) is 105 Å². The Balaban J connectivity index is 2.08. The molecule has 0 bridgehead atoms. The number of Topliss-reactive ketones (excluding diaryl/α,β-unsaturated/α-hetero) is 1. The van der Waals surface area contributed by atoms with Crippen molar-refractivity contribution in [3.8, 4) is 0 Å². The number of amides is 1. The van der Waals surface area contributed by atoms with Gasteiger partial charge in [-0.05, 0) is 54.1 Å². The summed E-state index contributed by atoms with van der Waals surface area (Å²) < 4.78 is 13.5. The largest absolute Gasteiger partial charge is 0.438 e. The van der Waals surface area contributed by atoms with Crippen molar-refractivity contribution in [2.75, 3.05) is 13.1 Å². The number of carbonyl (C=O) groups is 2. The number of azide groups is 1. The first-order valence-corrected chi connectivity index (χ1v) is 15.2. The lowest BCUT2D eigenvalue weighted by molar-refractivity contribution is -0.128. The first-order chi connectivity index (χ1) is 18.0. The normalized spacial score (nSPS) is 20.5. The minimum atomic E-state index is -2.96. The first-order valence-electron chi connectivity index (χ1n) is 13.3. The van der Waals surface area contributed by atoms with Crippen LogP contribution < -0.4 is 10.4 Å². The molecule has 0 spiro atoms. The van der Waals surface area contributed by atoms with Gasteiger partial charge in [0.2, 0.25) is 0 Å². The molecule has 1 aliphatic heterocycles. The number of benzene rings is 2. The van der Waals surface area contributed by atoms with E-state index >= 15 is 0 Å². The second kappa shape index (κ2) is 12.2. The van der Waals surface area contributed by atoms with Crippen LogP contribution in [0.5, 0.6) is 0 Å². The molecule has 1 heterocycles. The van der Waals surface area contributed by atoms with Crippen molar-refractivity contribution in [1.29, 1.82) is 0 Å². The van der Waals surface area contributed by atoms with E-state index in [0.29, 0.717) is 32.4 Å². The Hall–Kier alpha value is -3.13. The SMILES string of the molecule is CC[C@@H](O[Si](c1ccccc1)(c1ccccc1)C(C)(C)C)[C@@]1(C)OC(=O)N(CCCCN=[N+]=[N-])[C@@H]1C(C)=O. The summed E-state index contributed by atoms with van der Waals surface area (Å²) in [4.78, 5) is 30.6. The van der Waals surface area contributed by atoms with Crippen LogP contribution >= 0.6 is 0 Å². The molecule has 1 fully saturated rings. The molecule has 0 N–H and O–H groups in total. The Morgan fingerprint density at radius 2 is 1.68 bits per heavy atom. The lowest BCUT2D eigenvalue weighted by Gasteiger charge is -2.48. The molecule has 0 unspecified atom stereocenters. The summed E-state index contributed by atoms with van der Waals surface area (Å²) in [6.07, 6.45) is 0.731. The summed E-state index contributed by atoms with van der Waals surface area (Å²) in [5.41, 5.74) is 7.35. The van der Waals surface area contributed by atoms with Crippen LogP contribution in [0, 0.1) is 0 Å². The van der Waals surface area contributed by atoms with Gasteiger partial charge in [0.15, 0.2) is 11.4 Å². The van der Waals surface area contributed by atoms with E-state index < -0.39 is 32.2 Å². The molecule has 3 rings (SSSR count). The summed E-state index contributed by atoms with van der Waals surface area (Å²) in [5.74, 6) is -0.141.